The van der Waals surface area contributed by atoms with Crippen molar-refractivity contribution in [1.29, 1.82) is 0 Å². The summed E-state index contributed by atoms with van der Waals surface area (Å²) >= 11 is 6.16. The second-order valence-corrected chi connectivity index (χ2v) is 8.22. The van der Waals surface area contributed by atoms with Crippen molar-refractivity contribution < 1.29 is 42.1 Å². The minimum atomic E-state index is -4.89. The Morgan fingerprint density at radius 3 is 2.14 bits per heavy atom. The van der Waals surface area contributed by atoms with Crippen molar-refractivity contribution in [3.63, 3.8) is 0 Å². The van der Waals surface area contributed by atoms with Crippen molar-refractivity contribution in [1.82, 2.24) is 0 Å². The van der Waals surface area contributed by atoms with Gasteiger partial charge in [0.25, 0.3) is 11.7 Å². The number of alkyl halides is 3. The Bertz CT molecular complexity index is 1370. The highest BCUT2D eigenvalue weighted by Crippen LogP contribution is 2.45. The normalized spacial score (nSPS) is 17.1. The highest BCUT2D eigenvalue weighted by atomic mass is 35.5. The Morgan fingerprint density at radius 1 is 0.946 bits per heavy atom. The Kier molecular flexibility index (Phi) is 7.04. The van der Waals surface area contributed by atoms with Gasteiger partial charge in [-0.3, -0.25) is 14.5 Å². The predicted molar refractivity (Wildman–Crippen MR) is 129 cm³/mol. The number of ether oxygens (including phenoxy) is 3. The van der Waals surface area contributed by atoms with Crippen molar-refractivity contribution >= 4 is 34.7 Å². The summed E-state index contributed by atoms with van der Waals surface area (Å²) in [6.07, 6.45) is -4.89. The predicted octanol–water partition coefficient (Wildman–Crippen LogP) is 5.88. The van der Waals surface area contributed by atoms with Gasteiger partial charge in [-0.05, 0) is 35.9 Å². The number of amides is 1. The number of nitrogens with zero attached hydrogens (tertiary/aromatic N) is 1. The van der Waals surface area contributed by atoms with Gasteiger partial charge in [-0.25, -0.2) is 0 Å². The van der Waals surface area contributed by atoms with Gasteiger partial charge in [-0.1, -0.05) is 41.9 Å². The average molecular weight is 534 g/mol. The first-order valence-electron chi connectivity index (χ1n) is 10.7. The van der Waals surface area contributed by atoms with E-state index in [1.54, 1.807) is 30.3 Å². The van der Waals surface area contributed by atoms with Crippen LogP contribution in [0.25, 0.3) is 5.76 Å². The molecular weight excluding hydrogens is 515 g/mol. The zero-order valence-corrected chi connectivity index (χ0v) is 20.1. The number of methoxy groups -OCH3 is 2. The maximum Gasteiger partial charge on any atom is 0.573 e. The van der Waals surface area contributed by atoms with Gasteiger partial charge in [0.1, 0.15) is 23.0 Å². The van der Waals surface area contributed by atoms with Crippen LogP contribution in [0, 0.1) is 0 Å². The molecule has 4 rings (SSSR count). The van der Waals surface area contributed by atoms with Crippen LogP contribution in [0.15, 0.2) is 72.3 Å². The Hall–Kier alpha value is -4.18. The van der Waals surface area contributed by atoms with Crippen LogP contribution >= 0.6 is 11.6 Å². The summed E-state index contributed by atoms with van der Waals surface area (Å²) in [5.74, 6) is -2.72. The molecule has 7 nitrogen and oxygen atoms in total. The number of hydrogen-bond donors (Lipinski definition) is 1. The average Bonchev–Trinajstić information content (AvgIpc) is 3.13. The van der Waals surface area contributed by atoms with Crippen molar-refractivity contribution in [3.05, 3.63) is 88.5 Å². The fourth-order valence-corrected chi connectivity index (χ4v) is 4.28. The number of Topliss-reactive ketones (excluding diaryl/α,β-unsaturated/α-hetero) is 1. The second-order valence-electron chi connectivity index (χ2n) is 7.81. The maximum absolute atomic E-state index is 13.3. The monoisotopic (exact) mass is 533 g/mol. The van der Waals surface area contributed by atoms with E-state index in [2.05, 4.69) is 4.74 Å². The van der Waals surface area contributed by atoms with Crippen LogP contribution in [0.2, 0.25) is 5.02 Å². The molecule has 1 aliphatic heterocycles. The molecule has 192 valence electrons. The van der Waals surface area contributed by atoms with Crippen molar-refractivity contribution in [3.8, 4) is 17.2 Å². The third-order valence-electron chi connectivity index (χ3n) is 5.64. The van der Waals surface area contributed by atoms with Gasteiger partial charge in [0.15, 0.2) is 0 Å². The SMILES string of the molecule is COc1cc(/C(O)=C2\C(=O)C(=O)N(c3ccc(OC(F)(F)F)cc3)C2c2ccccc2)c(OC)cc1Cl. The smallest absolute Gasteiger partial charge is 0.507 e. The molecule has 0 aliphatic carbocycles. The lowest BCUT2D eigenvalue weighted by Crippen LogP contribution is -2.29. The number of hydrogen-bond acceptors (Lipinski definition) is 6. The van der Waals surface area contributed by atoms with Crippen LogP contribution < -0.4 is 19.1 Å². The zero-order chi connectivity index (χ0) is 26.9. The fourth-order valence-electron chi connectivity index (χ4n) is 4.05. The van der Waals surface area contributed by atoms with Gasteiger partial charge in [0.05, 0.1) is 36.4 Å². The summed E-state index contributed by atoms with van der Waals surface area (Å²) in [6.45, 7) is 0. The van der Waals surface area contributed by atoms with Gasteiger partial charge in [0, 0.05) is 11.8 Å². The molecule has 0 spiro atoms. The first kappa shape index (κ1) is 25.9. The van der Waals surface area contributed by atoms with E-state index in [0.29, 0.717) is 5.56 Å². The van der Waals surface area contributed by atoms with E-state index in [9.17, 15) is 27.9 Å². The Labute approximate surface area is 214 Å². The van der Waals surface area contributed by atoms with E-state index in [1.807, 2.05) is 0 Å². The molecule has 3 aromatic carbocycles. The van der Waals surface area contributed by atoms with Gasteiger partial charge in [0.2, 0.25) is 0 Å². The van der Waals surface area contributed by atoms with Crippen molar-refractivity contribution in [2.75, 3.05) is 19.1 Å². The molecule has 1 N–H and O–H groups in total. The van der Waals surface area contributed by atoms with Gasteiger partial charge in [-0.2, -0.15) is 0 Å². The largest absolute Gasteiger partial charge is 0.573 e. The topological polar surface area (TPSA) is 85.3 Å². The van der Waals surface area contributed by atoms with Crippen LogP contribution in [0.5, 0.6) is 17.2 Å². The molecule has 1 fully saturated rings. The first-order chi connectivity index (χ1) is 17.6. The summed E-state index contributed by atoms with van der Waals surface area (Å²) in [5.41, 5.74) is 0.384. The lowest BCUT2D eigenvalue weighted by atomic mass is 9.94. The van der Waals surface area contributed by atoms with E-state index < -0.39 is 35.6 Å². The van der Waals surface area contributed by atoms with Gasteiger partial charge < -0.3 is 19.3 Å². The second kappa shape index (κ2) is 10.1. The zero-order valence-electron chi connectivity index (χ0n) is 19.4. The number of ketones is 1. The van der Waals surface area contributed by atoms with E-state index in [0.717, 1.165) is 17.0 Å². The lowest BCUT2D eigenvalue weighted by molar-refractivity contribution is -0.274. The number of carbonyl (C=O) groups is 2. The third-order valence-corrected chi connectivity index (χ3v) is 5.93. The van der Waals surface area contributed by atoms with Crippen LogP contribution in [0.4, 0.5) is 18.9 Å². The number of carbonyl (C=O) groups excluding carboxylic acids is 2. The van der Waals surface area contributed by atoms with Crippen LogP contribution in [-0.4, -0.2) is 37.4 Å². The minimum Gasteiger partial charge on any atom is -0.507 e. The number of halogens is 4. The van der Waals surface area contributed by atoms with Crippen LogP contribution in [0.3, 0.4) is 0 Å². The molecule has 0 saturated carbocycles. The van der Waals surface area contributed by atoms with Crippen LogP contribution in [-0.2, 0) is 9.59 Å². The maximum atomic E-state index is 13.3. The molecule has 1 amide bonds. The van der Waals surface area contributed by atoms with Crippen molar-refractivity contribution in [2.45, 2.75) is 12.4 Å². The number of aliphatic hydroxyl groups is 1. The molecule has 0 aromatic heterocycles. The molecule has 1 heterocycles. The summed E-state index contributed by atoms with van der Waals surface area (Å²) in [4.78, 5) is 27.6. The standard InChI is InChI=1S/C26H19ClF3NO6/c1-35-19-13-18(27)20(36-2)12-17(19)23(32)21-22(14-6-4-3-5-7-14)31(25(34)24(21)33)15-8-10-16(11-9-15)37-26(28,29)30/h3-13,22,32H,1-2H3/b23-21+. The summed E-state index contributed by atoms with van der Waals surface area (Å²) in [6, 6.07) is 14.5. The minimum absolute atomic E-state index is 0.0524. The van der Waals surface area contributed by atoms with Crippen molar-refractivity contribution in [2.24, 2.45) is 0 Å². The molecule has 1 saturated heterocycles. The summed E-state index contributed by atoms with van der Waals surface area (Å²) < 4.78 is 52.2. The summed E-state index contributed by atoms with van der Waals surface area (Å²) in [7, 11) is 2.71. The molecule has 11 heteroatoms. The van der Waals surface area contributed by atoms with E-state index in [4.69, 9.17) is 21.1 Å². The number of rotatable bonds is 6. The molecule has 3 aromatic rings. The molecular formula is C26H19ClF3NO6. The Balaban J connectivity index is 1.90. The Morgan fingerprint density at radius 2 is 1.57 bits per heavy atom. The van der Waals surface area contributed by atoms with Crippen LogP contribution in [0.1, 0.15) is 17.2 Å². The number of benzene rings is 3. The highest BCUT2D eigenvalue weighted by Gasteiger charge is 2.47. The quantitative estimate of drug-likeness (QED) is 0.242. The van der Waals surface area contributed by atoms with E-state index in [1.165, 1.54) is 38.5 Å². The van der Waals surface area contributed by atoms with Gasteiger partial charge in [-0.15, -0.1) is 13.2 Å². The lowest BCUT2D eigenvalue weighted by Gasteiger charge is -2.26. The molecule has 1 atom stereocenters. The first-order valence-corrected chi connectivity index (χ1v) is 11.1. The fraction of sp³-hybridized carbons (Fsp3) is 0.154. The highest BCUT2D eigenvalue weighted by molar-refractivity contribution is 6.51. The number of anilines is 1. The molecule has 1 unspecified atom stereocenters. The number of aliphatic hydroxyl groups excluding tert-OH is 1. The van der Waals surface area contributed by atoms with Gasteiger partial charge >= 0.3 is 6.36 Å². The molecule has 0 radical (unpaired) electrons. The third kappa shape index (κ3) is 5.05. The van der Waals surface area contributed by atoms with E-state index >= 15 is 0 Å². The molecule has 1 aliphatic rings. The molecule has 0 bridgehead atoms. The van der Waals surface area contributed by atoms with E-state index in [-0.39, 0.29) is 33.3 Å². The summed E-state index contributed by atoms with van der Waals surface area (Å²) in [5, 5.41) is 11.5. The molecule has 37 heavy (non-hydrogen) atoms.